The molecule has 0 unspecified atom stereocenters. The Hall–Kier alpha value is -2.76. The molecule has 0 saturated carbocycles. The average molecular weight is 489 g/mol. The molecule has 34 heavy (non-hydrogen) atoms. The van der Waals surface area contributed by atoms with E-state index in [9.17, 15) is 13.6 Å². The number of alkyl halides is 1. The van der Waals surface area contributed by atoms with Crippen molar-refractivity contribution in [1.29, 1.82) is 0 Å². The van der Waals surface area contributed by atoms with Gasteiger partial charge in [-0.05, 0) is 42.2 Å². The smallest absolute Gasteiger partial charge is 0.271 e. The van der Waals surface area contributed by atoms with Gasteiger partial charge in [0.2, 0.25) is 0 Å². The van der Waals surface area contributed by atoms with Crippen LogP contribution < -0.4 is 15.5 Å². The molecule has 4 heterocycles. The van der Waals surface area contributed by atoms with Gasteiger partial charge in [-0.3, -0.25) is 4.79 Å². The van der Waals surface area contributed by atoms with Crippen molar-refractivity contribution in [2.75, 3.05) is 37.9 Å². The third kappa shape index (κ3) is 4.35. The lowest BCUT2D eigenvalue weighted by Gasteiger charge is -2.26. The first kappa shape index (κ1) is 23.0. The Morgan fingerprint density at radius 2 is 2.15 bits per heavy atom. The molecule has 5 rings (SSSR count). The van der Waals surface area contributed by atoms with Gasteiger partial charge in [0.1, 0.15) is 17.8 Å². The molecule has 2 aromatic heterocycles. The lowest BCUT2D eigenvalue weighted by molar-refractivity contribution is 0.0775. The third-order valence-corrected chi connectivity index (χ3v) is 7.12. The number of thioether (sulfide) groups is 1. The maximum absolute atomic E-state index is 14.6. The van der Waals surface area contributed by atoms with Gasteiger partial charge >= 0.3 is 0 Å². The van der Waals surface area contributed by atoms with Gasteiger partial charge in [-0.25, -0.2) is 18.3 Å². The molecule has 2 saturated heterocycles. The summed E-state index contributed by atoms with van der Waals surface area (Å²) in [5, 5.41) is 10.8. The summed E-state index contributed by atoms with van der Waals surface area (Å²) >= 11 is 1.44. The second kappa shape index (κ2) is 9.47. The molecule has 2 aliphatic rings. The Labute approximate surface area is 200 Å². The Morgan fingerprint density at radius 1 is 1.29 bits per heavy atom. The zero-order valence-corrected chi connectivity index (χ0v) is 19.7. The zero-order valence-electron chi connectivity index (χ0n) is 18.9. The molecule has 11 heteroatoms. The van der Waals surface area contributed by atoms with Crippen molar-refractivity contribution in [3.05, 3.63) is 53.6 Å². The molecule has 2 fully saturated rings. The number of fused-ring (bicyclic) bond motifs is 1. The van der Waals surface area contributed by atoms with Crippen LogP contribution in [0, 0.1) is 5.82 Å². The zero-order chi connectivity index (χ0) is 23.8. The number of ether oxygens (including phenoxy) is 1. The van der Waals surface area contributed by atoms with Gasteiger partial charge < -0.3 is 20.3 Å². The lowest BCUT2D eigenvalue weighted by Crippen LogP contribution is -2.44. The summed E-state index contributed by atoms with van der Waals surface area (Å²) in [6.45, 7) is 1.41. The number of imidazole rings is 1. The Balaban J connectivity index is 1.45. The largest absolute Gasteiger partial charge is 0.378 e. The van der Waals surface area contributed by atoms with E-state index in [2.05, 4.69) is 20.7 Å². The molecular formula is C23H26F2N6O2S. The molecule has 2 N–H and O–H groups in total. The fourth-order valence-electron chi connectivity index (χ4n) is 4.71. The number of hydrogen-bond acceptors (Lipinski definition) is 7. The van der Waals surface area contributed by atoms with Crippen LogP contribution >= 0.6 is 11.8 Å². The maximum Gasteiger partial charge on any atom is 0.271 e. The number of rotatable bonds is 6. The predicted molar refractivity (Wildman–Crippen MR) is 126 cm³/mol. The summed E-state index contributed by atoms with van der Waals surface area (Å²) in [7, 11) is 1.62. The van der Waals surface area contributed by atoms with Crippen LogP contribution in [0.25, 0.3) is 5.65 Å². The molecule has 8 nitrogen and oxygen atoms in total. The normalized spacial score (nSPS) is 24.8. The average Bonchev–Trinajstić information content (AvgIpc) is 3.55. The van der Waals surface area contributed by atoms with E-state index in [-0.39, 0.29) is 48.6 Å². The van der Waals surface area contributed by atoms with Crippen LogP contribution in [0.15, 0.2) is 41.4 Å². The first-order valence-electron chi connectivity index (χ1n) is 11.1. The van der Waals surface area contributed by atoms with E-state index in [0.29, 0.717) is 30.1 Å². The van der Waals surface area contributed by atoms with Crippen LogP contribution in [-0.2, 0) is 4.74 Å². The minimum Gasteiger partial charge on any atom is -0.378 e. The summed E-state index contributed by atoms with van der Waals surface area (Å²) < 4.78 is 35.7. The van der Waals surface area contributed by atoms with Crippen molar-refractivity contribution in [1.82, 2.24) is 25.2 Å². The molecule has 0 bridgehead atoms. The van der Waals surface area contributed by atoms with Gasteiger partial charge in [-0.2, -0.15) is 0 Å². The van der Waals surface area contributed by atoms with Crippen LogP contribution in [0.2, 0.25) is 0 Å². The summed E-state index contributed by atoms with van der Waals surface area (Å²) in [4.78, 5) is 19.9. The highest BCUT2D eigenvalue weighted by Gasteiger charge is 2.35. The van der Waals surface area contributed by atoms with Gasteiger partial charge in [-0.15, -0.1) is 16.9 Å². The second-order valence-electron chi connectivity index (χ2n) is 8.54. The maximum atomic E-state index is 14.6. The van der Waals surface area contributed by atoms with E-state index in [1.54, 1.807) is 19.2 Å². The number of nitrogens with one attached hydrogen (secondary N) is 2. The minimum atomic E-state index is -1.07. The van der Waals surface area contributed by atoms with E-state index in [0.717, 1.165) is 4.90 Å². The van der Waals surface area contributed by atoms with E-state index in [4.69, 9.17) is 4.74 Å². The molecule has 180 valence electrons. The standard InChI is InChI=1S/C23H26F2N6O2S/c1-33-20-11-26-9-17(20)28-23(32)19-10-27-21-3-4-22(29-31(19)21)30-12-15(25)8-18(30)13-5-14(24)7-16(6-13)34-2/h3-7,10,15,17-18,20,26H,8-9,11-12H2,1-2H3,(H,28,32)/t15-,17-,18+,20-/m0/s1. The minimum absolute atomic E-state index is 0.115. The quantitative estimate of drug-likeness (QED) is 0.516. The Kier molecular flexibility index (Phi) is 6.41. The monoisotopic (exact) mass is 488 g/mol. The first-order valence-corrected chi connectivity index (χ1v) is 12.3. The van der Waals surface area contributed by atoms with E-state index < -0.39 is 6.17 Å². The highest BCUT2D eigenvalue weighted by molar-refractivity contribution is 7.98. The number of carbonyl (C=O) groups excluding carboxylic acids is 1. The summed E-state index contributed by atoms with van der Waals surface area (Å²) in [6.07, 6.45) is 2.40. The van der Waals surface area contributed by atoms with Gasteiger partial charge in [0.25, 0.3) is 5.91 Å². The molecule has 1 amide bonds. The number of nitrogens with zero attached hydrogens (tertiary/aromatic N) is 4. The highest BCUT2D eigenvalue weighted by Crippen LogP contribution is 2.38. The van der Waals surface area contributed by atoms with Crippen LogP contribution in [0.1, 0.15) is 28.5 Å². The number of carbonyl (C=O) groups is 1. The summed E-state index contributed by atoms with van der Waals surface area (Å²) in [5.41, 5.74) is 1.49. The molecule has 0 radical (unpaired) electrons. The fourth-order valence-corrected chi connectivity index (χ4v) is 5.19. The van der Waals surface area contributed by atoms with Crippen LogP contribution in [-0.4, -0.2) is 71.8 Å². The fraction of sp³-hybridized carbons (Fsp3) is 0.435. The van der Waals surface area contributed by atoms with Crippen molar-refractivity contribution in [2.45, 2.75) is 35.7 Å². The molecule has 0 spiro atoms. The highest BCUT2D eigenvalue weighted by atomic mass is 32.2. The number of methoxy groups -OCH3 is 1. The van der Waals surface area contributed by atoms with Crippen LogP contribution in [0.3, 0.4) is 0 Å². The molecule has 0 aliphatic carbocycles. The Morgan fingerprint density at radius 3 is 2.94 bits per heavy atom. The SMILES string of the molecule is CO[C@H]1CNC[C@@H]1NC(=O)c1cnc2ccc(N3C[C@@H](F)C[C@@H]3c3cc(F)cc(SC)c3)nn12. The van der Waals surface area contributed by atoms with E-state index in [1.165, 1.54) is 34.6 Å². The first-order chi connectivity index (χ1) is 16.5. The predicted octanol–water partition coefficient (Wildman–Crippen LogP) is 2.60. The van der Waals surface area contributed by atoms with Crippen molar-refractivity contribution in [2.24, 2.45) is 0 Å². The van der Waals surface area contributed by atoms with Gasteiger partial charge in [0.05, 0.1) is 30.9 Å². The number of benzene rings is 1. The number of halogens is 2. The van der Waals surface area contributed by atoms with Gasteiger partial charge in [-0.1, -0.05) is 0 Å². The van der Waals surface area contributed by atoms with Crippen molar-refractivity contribution in [3.63, 3.8) is 0 Å². The topological polar surface area (TPSA) is 83.8 Å². The molecular weight excluding hydrogens is 462 g/mol. The molecule has 2 aliphatic heterocycles. The second-order valence-corrected chi connectivity index (χ2v) is 9.42. The lowest BCUT2D eigenvalue weighted by atomic mass is 10.0. The number of anilines is 1. The number of aromatic nitrogens is 3. The third-order valence-electron chi connectivity index (χ3n) is 6.42. The van der Waals surface area contributed by atoms with Crippen molar-refractivity contribution < 1.29 is 18.3 Å². The summed E-state index contributed by atoms with van der Waals surface area (Å²) in [5.74, 6) is -0.169. The number of amides is 1. The Bertz CT molecular complexity index is 1210. The van der Waals surface area contributed by atoms with E-state index >= 15 is 0 Å². The van der Waals surface area contributed by atoms with Crippen molar-refractivity contribution in [3.8, 4) is 0 Å². The summed E-state index contributed by atoms with van der Waals surface area (Å²) in [6, 6.07) is 7.77. The van der Waals surface area contributed by atoms with Crippen molar-refractivity contribution >= 4 is 29.1 Å². The molecule has 1 aromatic carbocycles. The van der Waals surface area contributed by atoms with Crippen LogP contribution in [0.4, 0.5) is 14.6 Å². The van der Waals surface area contributed by atoms with Gasteiger partial charge in [0.15, 0.2) is 11.3 Å². The molecule has 4 atom stereocenters. The molecule has 3 aromatic rings. The number of hydrogen-bond donors (Lipinski definition) is 2. The van der Waals surface area contributed by atoms with Gasteiger partial charge in [0, 0.05) is 31.5 Å². The van der Waals surface area contributed by atoms with E-state index in [1.807, 2.05) is 17.2 Å². The van der Waals surface area contributed by atoms with Crippen LogP contribution in [0.5, 0.6) is 0 Å².